The third-order valence-corrected chi connectivity index (χ3v) is 6.78. The zero-order valence-electron chi connectivity index (χ0n) is 17.3. The Hall–Kier alpha value is -1.59. The quantitative estimate of drug-likeness (QED) is 0.675. The molecule has 1 atom stereocenters. The fourth-order valence-electron chi connectivity index (χ4n) is 4.52. The molecule has 6 heteroatoms. The molecule has 2 heterocycles. The van der Waals surface area contributed by atoms with Gasteiger partial charge in [0.1, 0.15) is 0 Å². The molecule has 30 heavy (non-hydrogen) atoms. The number of benzene rings is 2. The molecule has 0 aromatic heterocycles. The van der Waals surface area contributed by atoms with Gasteiger partial charge in [0.15, 0.2) is 0 Å². The van der Waals surface area contributed by atoms with E-state index in [1.165, 1.54) is 5.56 Å². The molecule has 2 aromatic rings. The minimum atomic E-state index is 0.0884. The highest BCUT2D eigenvalue weighted by molar-refractivity contribution is 6.35. The minimum Gasteiger partial charge on any atom is -0.340 e. The zero-order chi connectivity index (χ0) is 20.9. The van der Waals surface area contributed by atoms with Gasteiger partial charge in [-0.1, -0.05) is 59.6 Å². The Labute approximate surface area is 189 Å². The van der Waals surface area contributed by atoms with Crippen LogP contribution in [0.3, 0.4) is 0 Å². The van der Waals surface area contributed by atoms with E-state index in [4.69, 9.17) is 23.2 Å². The van der Waals surface area contributed by atoms with Crippen LogP contribution in [0, 0.1) is 5.92 Å². The molecule has 0 saturated carbocycles. The average Bonchev–Trinajstić information content (AvgIpc) is 2.77. The topological polar surface area (TPSA) is 26.8 Å². The van der Waals surface area contributed by atoms with E-state index in [-0.39, 0.29) is 5.92 Å². The van der Waals surface area contributed by atoms with Crippen molar-refractivity contribution in [1.82, 2.24) is 14.7 Å². The van der Waals surface area contributed by atoms with Crippen LogP contribution >= 0.6 is 23.2 Å². The van der Waals surface area contributed by atoms with Crippen LogP contribution in [0.15, 0.2) is 48.5 Å². The summed E-state index contributed by atoms with van der Waals surface area (Å²) in [6.07, 6.45) is 2.03. The molecule has 0 bridgehead atoms. The predicted molar refractivity (Wildman–Crippen MR) is 123 cm³/mol. The lowest BCUT2D eigenvalue weighted by molar-refractivity contribution is -0.139. The molecule has 2 saturated heterocycles. The van der Waals surface area contributed by atoms with Crippen LogP contribution < -0.4 is 0 Å². The summed E-state index contributed by atoms with van der Waals surface area (Å²) in [6.45, 7) is 7.08. The largest absolute Gasteiger partial charge is 0.340 e. The first-order valence-electron chi connectivity index (χ1n) is 10.8. The molecule has 2 aliphatic heterocycles. The van der Waals surface area contributed by atoms with Gasteiger partial charge >= 0.3 is 0 Å². The second-order valence-corrected chi connectivity index (χ2v) is 9.24. The van der Waals surface area contributed by atoms with Gasteiger partial charge in [0, 0.05) is 55.9 Å². The Morgan fingerprint density at radius 3 is 2.40 bits per heavy atom. The first-order chi connectivity index (χ1) is 14.6. The first kappa shape index (κ1) is 21.6. The zero-order valence-corrected chi connectivity index (χ0v) is 18.8. The van der Waals surface area contributed by atoms with Crippen LogP contribution in [0.1, 0.15) is 24.0 Å². The van der Waals surface area contributed by atoms with Crippen molar-refractivity contribution < 1.29 is 4.79 Å². The van der Waals surface area contributed by atoms with Crippen molar-refractivity contribution in [3.05, 3.63) is 69.7 Å². The highest BCUT2D eigenvalue weighted by Crippen LogP contribution is 2.26. The molecule has 1 unspecified atom stereocenters. The van der Waals surface area contributed by atoms with Crippen molar-refractivity contribution in [2.24, 2.45) is 5.92 Å². The van der Waals surface area contributed by atoms with Crippen molar-refractivity contribution in [3.63, 3.8) is 0 Å². The first-order valence-corrected chi connectivity index (χ1v) is 11.6. The van der Waals surface area contributed by atoms with Crippen molar-refractivity contribution in [1.29, 1.82) is 0 Å². The number of rotatable bonds is 5. The summed E-state index contributed by atoms with van der Waals surface area (Å²) in [4.78, 5) is 20.0. The maximum atomic E-state index is 13.2. The summed E-state index contributed by atoms with van der Waals surface area (Å²) in [5, 5.41) is 1.35. The van der Waals surface area contributed by atoms with Gasteiger partial charge in [-0.3, -0.25) is 14.6 Å². The fourth-order valence-corrected chi connectivity index (χ4v) is 4.99. The molecule has 0 radical (unpaired) electrons. The maximum absolute atomic E-state index is 13.2. The smallest absolute Gasteiger partial charge is 0.227 e. The molecule has 0 spiro atoms. The van der Waals surface area contributed by atoms with Crippen molar-refractivity contribution in [2.75, 3.05) is 39.3 Å². The Kier molecular flexibility index (Phi) is 7.32. The van der Waals surface area contributed by atoms with E-state index < -0.39 is 0 Å². The Morgan fingerprint density at radius 1 is 0.900 bits per heavy atom. The van der Waals surface area contributed by atoms with Gasteiger partial charge in [-0.2, -0.15) is 0 Å². The number of piperidine rings is 1. The summed E-state index contributed by atoms with van der Waals surface area (Å²) in [5.41, 5.74) is 2.41. The molecule has 0 N–H and O–H groups in total. The Balaban J connectivity index is 1.28. The number of nitrogens with zero attached hydrogens (tertiary/aromatic N) is 3. The number of hydrogen-bond acceptors (Lipinski definition) is 3. The highest BCUT2D eigenvalue weighted by atomic mass is 35.5. The number of carbonyl (C=O) groups is 1. The number of halogens is 2. The van der Waals surface area contributed by atoms with Gasteiger partial charge in [-0.25, -0.2) is 0 Å². The number of amides is 1. The molecule has 0 aliphatic carbocycles. The van der Waals surface area contributed by atoms with E-state index in [1.54, 1.807) is 6.07 Å². The minimum absolute atomic E-state index is 0.0884. The number of likely N-dealkylation sites (tertiary alicyclic amines) is 1. The van der Waals surface area contributed by atoms with E-state index in [2.05, 4.69) is 45.0 Å². The van der Waals surface area contributed by atoms with Crippen molar-refractivity contribution in [2.45, 2.75) is 25.9 Å². The molecule has 4 nitrogen and oxygen atoms in total. The van der Waals surface area contributed by atoms with Crippen LogP contribution in [0.25, 0.3) is 0 Å². The number of hydrogen-bond donors (Lipinski definition) is 0. The molecule has 160 valence electrons. The van der Waals surface area contributed by atoms with Crippen molar-refractivity contribution in [3.8, 4) is 0 Å². The third-order valence-electron chi connectivity index (χ3n) is 6.20. The Morgan fingerprint density at radius 2 is 1.67 bits per heavy atom. The lowest BCUT2D eigenvalue weighted by Gasteiger charge is -2.39. The SMILES string of the molecule is O=C(C1CCCN(Cc2ccc(Cl)cc2Cl)C1)N1CCN(Cc2ccccc2)CC1. The third kappa shape index (κ3) is 5.55. The normalized spacial score (nSPS) is 21.0. The average molecular weight is 446 g/mol. The maximum Gasteiger partial charge on any atom is 0.227 e. The molecule has 4 rings (SSSR count). The van der Waals surface area contributed by atoms with Crippen LogP contribution in [-0.2, 0) is 17.9 Å². The lowest BCUT2D eigenvalue weighted by atomic mass is 9.95. The standard InChI is InChI=1S/C24H29Cl2N3O/c25-22-9-8-20(23(26)15-22)17-28-10-4-7-21(18-28)24(30)29-13-11-27(12-14-29)16-19-5-2-1-3-6-19/h1-3,5-6,8-9,15,21H,4,7,10-14,16-18H2. The van der Waals surface area contributed by atoms with E-state index in [0.29, 0.717) is 16.0 Å². The van der Waals surface area contributed by atoms with E-state index in [1.807, 2.05) is 12.1 Å². The Bertz CT molecular complexity index is 853. The van der Waals surface area contributed by atoms with E-state index >= 15 is 0 Å². The molecule has 2 fully saturated rings. The van der Waals surface area contributed by atoms with Crippen LogP contribution in [0.2, 0.25) is 10.0 Å². The highest BCUT2D eigenvalue weighted by Gasteiger charge is 2.31. The predicted octanol–water partition coefficient (Wildman–Crippen LogP) is 4.55. The molecule has 2 aromatic carbocycles. The second kappa shape index (κ2) is 10.1. The monoisotopic (exact) mass is 445 g/mol. The van der Waals surface area contributed by atoms with Gasteiger partial charge < -0.3 is 4.90 Å². The second-order valence-electron chi connectivity index (χ2n) is 8.40. The van der Waals surface area contributed by atoms with Crippen LogP contribution in [0.5, 0.6) is 0 Å². The van der Waals surface area contributed by atoms with Crippen LogP contribution in [-0.4, -0.2) is 59.9 Å². The van der Waals surface area contributed by atoms with Gasteiger partial charge in [0.25, 0.3) is 0 Å². The van der Waals surface area contributed by atoms with Gasteiger partial charge in [-0.05, 0) is 42.6 Å². The van der Waals surface area contributed by atoms with Crippen molar-refractivity contribution >= 4 is 29.1 Å². The van der Waals surface area contributed by atoms with Gasteiger partial charge in [-0.15, -0.1) is 0 Å². The van der Waals surface area contributed by atoms with Gasteiger partial charge in [0.05, 0.1) is 5.92 Å². The van der Waals surface area contributed by atoms with Gasteiger partial charge in [0.2, 0.25) is 5.91 Å². The molecule has 2 aliphatic rings. The van der Waals surface area contributed by atoms with E-state index in [9.17, 15) is 4.79 Å². The summed E-state index contributed by atoms with van der Waals surface area (Å²) in [5.74, 6) is 0.409. The van der Waals surface area contributed by atoms with Crippen LogP contribution in [0.4, 0.5) is 0 Å². The lowest BCUT2D eigenvalue weighted by Crippen LogP contribution is -2.52. The summed E-state index contributed by atoms with van der Waals surface area (Å²) < 4.78 is 0. The van der Waals surface area contributed by atoms with E-state index in [0.717, 1.165) is 70.8 Å². The molecule has 1 amide bonds. The summed E-state index contributed by atoms with van der Waals surface area (Å²) in [6, 6.07) is 16.2. The summed E-state index contributed by atoms with van der Waals surface area (Å²) in [7, 11) is 0. The fraction of sp³-hybridized carbons (Fsp3) is 0.458. The molecular weight excluding hydrogens is 417 g/mol. The number of piperazine rings is 1. The summed E-state index contributed by atoms with van der Waals surface area (Å²) >= 11 is 12.4. The molecular formula is C24H29Cl2N3O. The number of carbonyl (C=O) groups excluding carboxylic acids is 1.